The van der Waals surface area contributed by atoms with Crippen molar-refractivity contribution < 1.29 is 19.4 Å². The summed E-state index contributed by atoms with van der Waals surface area (Å²) in [6.07, 6.45) is 3.94. The maximum Gasteiger partial charge on any atom is 0.344 e. The number of aromatic nitrogens is 2. The minimum Gasteiger partial charge on any atom is -0.479 e. The predicted molar refractivity (Wildman–Crippen MR) is 88.0 cm³/mol. The Morgan fingerprint density at radius 2 is 2.21 bits per heavy atom. The molecule has 1 aromatic heterocycles. The van der Waals surface area contributed by atoms with Crippen molar-refractivity contribution in [2.75, 3.05) is 0 Å². The fourth-order valence-corrected chi connectivity index (χ4v) is 2.76. The molecule has 0 amide bonds. The van der Waals surface area contributed by atoms with Gasteiger partial charge in [-0.15, -0.1) is 0 Å². The van der Waals surface area contributed by atoms with E-state index >= 15 is 0 Å². The van der Waals surface area contributed by atoms with Gasteiger partial charge in [0, 0.05) is 18.3 Å². The number of allylic oxidation sites excluding steroid dienone is 1. The zero-order chi connectivity index (χ0) is 17.3. The molecule has 1 N–H and O–H groups in total. The number of carboxylic acid groups (broad SMARTS) is 1. The number of ketones is 1. The monoisotopic (exact) mass is 326 g/mol. The van der Waals surface area contributed by atoms with Crippen molar-refractivity contribution in [3.8, 4) is 5.75 Å². The Bertz CT molecular complexity index is 835. The number of nitrogens with zero attached hydrogens (tertiary/aromatic N) is 2. The zero-order valence-corrected chi connectivity index (χ0v) is 13.5. The third-order valence-corrected chi connectivity index (χ3v) is 4.09. The van der Waals surface area contributed by atoms with Crippen LogP contribution in [0.15, 0.2) is 36.0 Å². The second-order valence-electron chi connectivity index (χ2n) is 5.80. The van der Waals surface area contributed by atoms with Crippen molar-refractivity contribution >= 4 is 17.8 Å². The third kappa shape index (κ3) is 3.08. The molecular weight excluding hydrogens is 308 g/mol. The summed E-state index contributed by atoms with van der Waals surface area (Å²) in [5, 5.41) is 13.1. The molecule has 0 aliphatic heterocycles. The van der Waals surface area contributed by atoms with E-state index in [1.54, 1.807) is 29.1 Å². The van der Waals surface area contributed by atoms with E-state index in [1.165, 1.54) is 6.92 Å². The highest BCUT2D eigenvalue weighted by Crippen LogP contribution is 2.27. The van der Waals surface area contributed by atoms with Crippen LogP contribution in [-0.2, 0) is 18.3 Å². The summed E-state index contributed by atoms with van der Waals surface area (Å²) in [5.41, 5.74) is 3.14. The van der Waals surface area contributed by atoms with E-state index in [-0.39, 0.29) is 5.78 Å². The molecule has 124 valence electrons. The molecule has 1 aliphatic carbocycles. The van der Waals surface area contributed by atoms with Gasteiger partial charge in [-0.3, -0.25) is 9.48 Å². The Morgan fingerprint density at radius 1 is 1.42 bits per heavy atom. The molecule has 1 aromatic carbocycles. The van der Waals surface area contributed by atoms with Gasteiger partial charge in [-0.1, -0.05) is 12.1 Å². The average molecular weight is 326 g/mol. The molecule has 6 nitrogen and oxygen atoms in total. The van der Waals surface area contributed by atoms with E-state index in [0.29, 0.717) is 17.7 Å². The Morgan fingerprint density at radius 3 is 2.96 bits per heavy atom. The molecular formula is C18H18N2O4. The molecule has 2 aromatic rings. The third-order valence-electron chi connectivity index (χ3n) is 4.09. The van der Waals surface area contributed by atoms with Gasteiger partial charge < -0.3 is 9.84 Å². The van der Waals surface area contributed by atoms with Crippen LogP contribution in [0.1, 0.15) is 35.0 Å². The second kappa shape index (κ2) is 6.31. The zero-order valence-electron chi connectivity index (χ0n) is 13.5. The van der Waals surface area contributed by atoms with Crippen molar-refractivity contribution in [2.24, 2.45) is 7.05 Å². The molecule has 3 rings (SSSR count). The van der Waals surface area contributed by atoms with Gasteiger partial charge in [-0.25, -0.2) is 4.79 Å². The van der Waals surface area contributed by atoms with Crippen molar-refractivity contribution in [1.29, 1.82) is 0 Å². The van der Waals surface area contributed by atoms with Gasteiger partial charge in [0.2, 0.25) is 0 Å². The molecule has 1 aliphatic rings. The molecule has 0 radical (unpaired) electrons. The molecule has 1 atom stereocenters. The highest BCUT2D eigenvalue weighted by atomic mass is 16.5. The van der Waals surface area contributed by atoms with Crippen molar-refractivity contribution in [3.05, 3.63) is 52.9 Å². The highest BCUT2D eigenvalue weighted by Gasteiger charge is 2.24. The van der Waals surface area contributed by atoms with Crippen LogP contribution in [0.2, 0.25) is 0 Å². The Hall–Kier alpha value is -2.89. The number of aryl methyl sites for hydroxylation is 1. The Kier molecular flexibility index (Phi) is 4.20. The summed E-state index contributed by atoms with van der Waals surface area (Å²) in [7, 11) is 1.84. The van der Waals surface area contributed by atoms with Gasteiger partial charge in [-0.05, 0) is 43.5 Å². The van der Waals surface area contributed by atoms with Crippen molar-refractivity contribution in [3.63, 3.8) is 0 Å². The molecule has 0 unspecified atom stereocenters. The standard InChI is InChI=1S/C18H18N2O4/c1-11(18(22)23)24-14-5-3-4-12(9-14)8-13-6-7-16-15(17(13)21)10-19-20(16)2/h3-5,8-11H,6-7H2,1-2H3,(H,22,23)/b13-8-/t11-/m1/s1. The van der Waals surface area contributed by atoms with E-state index in [9.17, 15) is 9.59 Å². The fourth-order valence-electron chi connectivity index (χ4n) is 2.76. The van der Waals surface area contributed by atoms with Crippen LogP contribution in [0.3, 0.4) is 0 Å². The van der Waals surface area contributed by atoms with Crippen LogP contribution in [0, 0.1) is 0 Å². The van der Waals surface area contributed by atoms with E-state index in [1.807, 2.05) is 19.2 Å². The van der Waals surface area contributed by atoms with Gasteiger partial charge in [0.15, 0.2) is 11.9 Å². The topological polar surface area (TPSA) is 81.4 Å². The van der Waals surface area contributed by atoms with Gasteiger partial charge >= 0.3 is 5.97 Å². The van der Waals surface area contributed by atoms with Crippen LogP contribution in [0.25, 0.3) is 6.08 Å². The molecule has 1 heterocycles. The van der Waals surface area contributed by atoms with Crippen LogP contribution < -0.4 is 4.74 Å². The first-order valence-electron chi connectivity index (χ1n) is 7.71. The SMILES string of the molecule is C[C@@H](Oc1cccc(/C=C2/CCc3c(cnn3C)C2=O)c1)C(=O)O. The summed E-state index contributed by atoms with van der Waals surface area (Å²) in [5.74, 6) is -0.565. The summed E-state index contributed by atoms with van der Waals surface area (Å²) in [6, 6.07) is 7.07. The molecule has 0 spiro atoms. The number of rotatable bonds is 4. The minimum atomic E-state index is -1.02. The molecule has 0 saturated heterocycles. The average Bonchev–Trinajstić information content (AvgIpc) is 2.92. The van der Waals surface area contributed by atoms with E-state index in [2.05, 4.69) is 5.10 Å². The quantitative estimate of drug-likeness (QED) is 0.873. The first kappa shape index (κ1) is 16.0. The number of Topliss-reactive ketones (excluding diaryl/α,β-unsaturated/α-hetero) is 1. The van der Waals surface area contributed by atoms with E-state index < -0.39 is 12.1 Å². The lowest BCUT2D eigenvalue weighted by Gasteiger charge is -2.15. The maximum atomic E-state index is 12.6. The molecule has 6 heteroatoms. The lowest BCUT2D eigenvalue weighted by atomic mass is 9.90. The van der Waals surface area contributed by atoms with Gasteiger partial charge in [-0.2, -0.15) is 5.10 Å². The summed E-state index contributed by atoms with van der Waals surface area (Å²) < 4.78 is 7.11. The first-order chi connectivity index (χ1) is 11.5. The number of fused-ring (bicyclic) bond motifs is 1. The number of hydrogen-bond donors (Lipinski definition) is 1. The normalized spacial score (nSPS) is 16.8. The summed E-state index contributed by atoms with van der Waals surface area (Å²) in [4.78, 5) is 23.4. The predicted octanol–water partition coefficient (Wildman–Crippen LogP) is 2.48. The van der Waals surface area contributed by atoms with E-state index in [4.69, 9.17) is 9.84 Å². The lowest BCUT2D eigenvalue weighted by Crippen LogP contribution is -2.22. The maximum absolute atomic E-state index is 12.6. The Labute approximate surface area is 139 Å². The van der Waals surface area contributed by atoms with E-state index in [0.717, 1.165) is 23.3 Å². The number of benzene rings is 1. The van der Waals surface area contributed by atoms with Crippen LogP contribution in [0.5, 0.6) is 5.75 Å². The number of ether oxygens (including phenoxy) is 1. The number of carboxylic acids is 1. The van der Waals surface area contributed by atoms with Crippen LogP contribution >= 0.6 is 0 Å². The molecule has 0 bridgehead atoms. The lowest BCUT2D eigenvalue weighted by molar-refractivity contribution is -0.144. The van der Waals surface area contributed by atoms with Crippen molar-refractivity contribution in [2.45, 2.75) is 25.9 Å². The summed E-state index contributed by atoms with van der Waals surface area (Å²) in [6.45, 7) is 1.47. The molecule has 0 fully saturated rings. The van der Waals surface area contributed by atoms with Crippen LogP contribution in [0.4, 0.5) is 0 Å². The summed E-state index contributed by atoms with van der Waals surface area (Å²) >= 11 is 0. The first-order valence-corrected chi connectivity index (χ1v) is 7.71. The van der Waals surface area contributed by atoms with Crippen LogP contribution in [-0.4, -0.2) is 32.7 Å². The number of aliphatic carboxylic acids is 1. The van der Waals surface area contributed by atoms with Gasteiger partial charge in [0.25, 0.3) is 0 Å². The molecule has 0 saturated carbocycles. The fraction of sp³-hybridized carbons (Fsp3) is 0.278. The number of hydrogen-bond acceptors (Lipinski definition) is 4. The smallest absolute Gasteiger partial charge is 0.344 e. The molecule has 24 heavy (non-hydrogen) atoms. The van der Waals surface area contributed by atoms with Gasteiger partial charge in [0.1, 0.15) is 5.75 Å². The number of carbonyl (C=O) groups is 2. The van der Waals surface area contributed by atoms with Gasteiger partial charge in [0.05, 0.1) is 11.8 Å². The largest absolute Gasteiger partial charge is 0.479 e. The van der Waals surface area contributed by atoms with Crippen molar-refractivity contribution in [1.82, 2.24) is 9.78 Å². The minimum absolute atomic E-state index is 0.00502. The highest BCUT2D eigenvalue weighted by molar-refractivity contribution is 6.12. The number of carbonyl (C=O) groups excluding carboxylic acids is 1. The second-order valence-corrected chi connectivity index (χ2v) is 5.80. The Balaban J connectivity index is 1.84.